The van der Waals surface area contributed by atoms with Gasteiger partial charge in [-0.1, -0.05) is 18.2 Å². The second-order valence-electron chi connectivity index (χ2n) is 7.35. The summed E-state index contributed by atoms with van der Waals surface area (Å²) in [7, 11) is 0. The van der Waals surface area contributed by atoms with Gasteiger partial charge in [0.2, 0.25) is 0 Å². The van der Waals surface area contributed by atoms with Gasteiger partial charge in [0.05, 0.1) is 17.8 Å². The Hall–Kier alpha value is -2.73. The van der Waals surface area contributed by atoms with Gasteiger partial charge < -0.3 is 9.64 Å². The minimum absolute atomic E-state index is 0.0785. The molecule has 0 bridgehead atoms. The third-order valence-corrected chi connectivity index (χ3v) is 5.35. The molecule has 0 aliphatic heterocycles. The second-order valence-corrected chi connectivity index (χ2v) is 8.29. The highest BCUT2D eigenvalue weighted by Gasteiger charge is 2.22. The fourth-order valence-corrected chi connectivity index (χ4v) is 3.80. The fourth-order valence-electron chi connectivity index (χ4n) is 3.10. The Morgan fingerprint density at radius 1 is 1.17 bits per heavy atom. The van der Waals surface area contributed by atoms with Crippen LogP contribution >= 0.6 is 11.3 Å². The van der Waals surface area contributed by atoms with Gasteiger partial charge in [-0.2, -0.15) is 0 Å². The molecule has 1 heterocycles. The summed E-state index contributed by atoms with van der Waals surface area (Å²) in [4.78, 5) is 19.1. The van der Waals surface area contributed by atoms with E-state index in [0.717, 1.165) is 27.6 Å². The van der Waals surface area contributed by atoms with Crippen LogP contribution in [0.1, 0.15) is 46.0 Å². The van der Waals surface area contributed by atoms with E-state index in [2.05, 4.69) is 11.1 Å². The lowest BCUT2D eigenvalue weighted by atomic mass is 10.1. The summed E-state index contributed by atoms with van der Waals surface area (Å²) >= 11 is 1.49. The molecule has 2 aromatic carbocycles. The highest BCUT2D eigenvalue weighted by Crippen LogP contribution is 2.21. The van der Waals surface area contributed by atoms with Crippen LogP contribution < -0.4 is 4.74 Å². The summed E-state index contributed by atoms with van der Waals surface area (Å²) in [5.41, 5.74) is 3.15. The zero-order chi connectivity index (χ0) is 21.0. The third-order valence-electron chi connectivity index (χ3n) is 4.48. The number of carbonyl (C=O) groups is 1. The Kier molecular flexibility index (Phi) is 6.64. The number of benzene rings is 2. The first-order chi connectivity index (χ1) is 13.8. The lowest BCUT2D eigenvalue weighted by Crippen LogP contribution is -2.37. The molecule has 0 unspecified atom stereocenters. The number of hydrogen-bond donors (Lipinski definition) is 0. The number of aryl methyl sites for hydroxylation is 2. The van der Waals surface area contributed by atoms with Crippen molar-refractivity contribution in [1.82, 2.24) is 9.88 Å². The molecule has 0 saturated carbocycles. The van der Waals surface area contributed by atoms with E-state index >= 15 is 0 Å². The van der Waals surface area contributed by atoms with Crippen molar-refractivity contribution in [2.45, 2.75) is 46.9 Å². The van der Waals surface area contributed by atoms with Gasteiger partial charge in [0.15, 0.2) is 0 Å². The highest BCUT2D eigenvalue weighted by atomic mass is 32.1. The van der Waals surface area contributed by atoms with Gasteiger partial charge >= 0.3 is 0 Å². The molecular formula is C23H25FN2O2S. The average molecular weight is 413 g/mol. The van der Waals surface area contributed by atoms with Crippen molar-refractivity contribution in [2.24, 2.45) is 0 Å². The topological polar surface area (TPSA) is 42.4 Å². The largest absolute Gasteiger partial charge is 0.486 e. The number of nitrogens with zero attached hydrogens (tertiary/aromatic N) is 2. The van der Waals surface area contributed by atoms with E-state index in [-0.39, 0.29) is 17.5 Å². The smallest absolute Gasteiger partial charge is 0.257 e. The normalized spacial score (nSPS) is 11.0. The first-order valence-electron chi connectivity index (χ1n) is 9.53. The van der Waals surface area contributed by atoms with Crippen LogP contribution in [0.3, 0.4) is 0 Å². The van der Waals surface area contributed by atoms with Gasteiger partial charge in [-0.05, 0) is 63.1 Å². The van der Waals surface area contributed by atoms with Crippen molar-refractivity contribution < 1.29 is 13.9 Å². The van der Waals surface area contributed by atoms with Crippen LogP contribution in [0.15, 0.2) is 47.8 Å². The summed E-state index contributed by atoms with van der Waals surface area (Å²) in [6, 6.07) is 12.1. The molecule has 0 saturated heterocycles. The SMILES string of the molecule is Cc1cc(C)cc(OCc2nc(CN(C(=O)c3ccccc3F)C(C)C)cs2)c1. The first kappa shape index (κ1) is 21.0. The van der Waals surface area contributed by atoms with Gasteiger partial charge in [-0.3, -0.25) is 4.79 Å². The molecule has 0 aliphatic rings. The van der Waals surface area contributed by atoms with Crippen molar-refractivity contribution in [3.05, 3.63) is 81.1 Å². The molecule has 1 aromatic heterocycles. The van der Waals surface area contributed by atoms with E-state index < -0.39 is 5.82 Å². The summed E-state index contributed by atoms with van der Waals surface area (Å²) in [6.07, 6.45) is 0. The second kappa shape index (κ2) is 9.18. The molecular weight excluding hydrogens is 387 g/mol. The van der Waals surface area contributed by atoms with Crippen molar-refractivity contribution >= 4 is 17.2 Å². The number of ether oxygens (including phenoxy) is 1. The van der Waals surface area contributed by atoms with Crippen molar-refractivity contribution in [2.75, 3.05) is 0 Å². The number of thiazole rings is 1. The molecule has 0 atom stereocenters. The number of rotatable bonds is 7. The van der Waals surface area contributed by atoms with Crippen LogP contribution in [-0.4, -0.2) is 21.8 Å². The maximum atomic E-state index is 14.0. The zero-order valence-corrected chi connectivity index (χ0v) is 17.9. The standard InChI is InChI=1S/C23H25FN2O2S/c1-15(2)26(23(27)20-7-5-6-8-21(20)24)12-18-14-29-22(25-18)13-28-19-10-16(3)9-17(4)11-19/h5-11,14-15H,12-13H2,1-4H3. The van der Waals surface area contributed by atoms with E-state index in [1.807, 2.05) is 45.2 Å². The summed E-state index contributed by atoms with van der Waals surface area (Å²) in [6.45, 7) is 8.59. The Labute approximate surface area is 175 Å². The van der Waals surface area contributed by atoms with Crippen LogP contribution in [0.4, 0.5) is 4.39 Å². The molecule has 3 aromatic rings. The Bertz CT molecular complexity index is 980. The third kappa shape index (κ3) is 5.41. The monoisotopic (exact) mass is 412 g/mol. The molecule has 0 fully saturated rings. The number of aromatic nitrogens is 1. The van der Waals surface area contributed by atoms with Crippen LogP contribution in [0.5, 0.6) is 5.75 Å². The highest BCUT2D eigenvalue weighted by molar-refractivity contribution is 7.09. The predicted octanol–water partition coefficient (Wildman–Crippen LogP) is 5.53. The molecule has 0 spiro atoms. The lowest BCUT2D eigenvalue weighted by molar-refractivity contribution is 0.0683. The summed E-state index contributed by atoms with van der Waals surface area (Å²) < 4.78 is 19.9. The molecule has 4 nitrogen and oxygen atoms in total. The molecule has 3 rings (SSSR count). The zero-order valence-electron chi connectivity index (χ0n) is 17.1. The Morgan fingerprint density at radius 3 is 2.52 bits per heavy atom. The molecule has 0 N–H and O–H groups in total. The number of halogens is 1. The quantitative estimate of drug-likeness (QED) is 0.512. The van der Waals surface area contributed by atoms with Crippen molar-refractivity contribution in [1.29, 1.82) is 0 Å². The molecule has 0 aliphatic carbocycles. The first-order valence-corrected chi connectivity index (χ1v) is 10.4. The minimum atomic E-state index is -0.510. The van der Waals surface area contributed by atoms with E-state index in [0.29, 0.717) is 13.2 Å². The number of carbonyl (C=O) groups excluding carboxylic acids is 1. The van der Waals surface area contributed by atoms with Gasteiger partial charge in [0.1, 0.15) is 23.2 Å². The van der Waals surface area contributed by atoms with E-state index in [4.69, 9.17) is 4.74 Å². The van der Waals surface area contributed by atoms with Gasteiger partial charge in [-0.25, -0.2) is 9.37 Å². The lowest BCUT2D eigenvalue weighted by Gasteiger charge is -2.26. The van der Waals surface area contributed by atoms with E-state index in [1.165, 1.54) is 23.5 Å². The Morgan fingerprint density at radius 2 is 1.86 bits per heavy atom. The van der Waals surface area contributed by atoms with Crippen LogP contribution in [0, 0.1) is 19.7 Å². The minimum Gasteiger partial charge on any atom is -0.486 e. The maximum absolute atomic E-state index is 14.0. The molecule has 29 heavy (non-hydrogen) atoms. The van der Waals surface area contributed by atoms with Crippen LogP contribution in [-0.2, 0) is 13.2 Å². The van der Waals surface area contributed by atoms with Gasteiger partial charge in [0.25, 0.3) is 5.91 Å². The van der Waals surface area contributed by atoms with Crippen molar-refractivity contribution in [3.8, 4) is 5.75 Å². The van der Waals surface area contributed by atoms with E-state index in [1.54, 1.807) is 17.0 Å². The van der Waals surface area contributed by atoms with Crippen LogP contribution in [0.25, 0.3) is 0 Å². The maximum Gasteiger partial charge on any atom is 0.257 e. The summed E-state index contributed by atoms with van der Waals surface area (Å²) in [5.74, 6) is -0.0270. The average Bonchev–Trinajstić information content (AvgIpc) is 3.11. The fraction of sp³-hybridized carbons (Fsp3) is 0.304. The molecule has 1 amide bonds. The molecule has 152 valence electrons. The molecule has 6 heteroatoms. The summed E-state index contributed by atoms with van der Waals surface area (Å²) in [5, 5.41) is 2.76. The van der Waals surface area contributed by atoms with Gasteiger partial charge in [0, 0.05) is 11.4 Å². The molecule has 0 radical (unpaired) electrons. The Balaban J connectivity index is 1.68. The van der Waals surface area contributed by atoms with Crippen molar-refractivity contribution in [3.63, 3.8) is 0 Å². The van der Waals surface area contributed by atoms with Crippen LogP contribution in [0.2, 0.25) is 0 Å². The number of amides is 1. The number of hydrogen-bond acceptors (Lipinski definition) is 4. The van der Waals surface area contributed by atoms with Gasteiger partial charge in [-0.15, -0.1) is 11.3 Å². The predicted molar refractivity (Wildman–Crippen MR) is 114 cm³/mol. The van der Waals surface area contributed by atoms with E-state index in [9.17, 15) is 9.18 Å².